The predicted molar refractivity (Wildman–Crippen MR) is 119 cm³/mol. The van der Waals surface area contributed by atoms with E-state index in [0.29, 0.717) is 30.4 Å². The zero-order valence-corrected chi connectivity index (χ0v) is 17.7. The van der Waals surface area contributed by atoms with E-state index in [4.69, 9.17) is 9.47 Å². The molecule has 1 saturated carbocycles. The molecule has 0 aliphatic heterocycles. The maximum Gasteiger partial charge on any atom is 0.153 e. The van der Waals surface area contributed by atoms with Gasteiger partial charge in [0.15, 0.2) is 6.29 Å². The van der Waals surface area contributed by atoms with Gasteiger partial charge in [0.1, 0.15) is 24.7 Å². The highest BCUT2D eigenvalue weighted by molar-refractivity contribution is 5.80. The van der Waals surface area contributed by atoms with E-state index in [1.54, 1.807) is 0 Å². The normalized spacial score (nSPS) is 14.4. The van der Waals surface area contributed by atoms with Crippen LogP contribution in [0.1, 0.15) is 67.8 Å². The highest BCUT2D eigenvalue weighted by Gasteiger charge is 2.15. The van der Waals surface area contributed by atoms with Crippen molar-refractivity contribution in [1.29, 1.82) is 0 Å². The molecule has 2 aromatic rings. The molecule has 1 aliphatic carbocycles. The van der Waals surface area contributed by atoms with E-state index in [9.17, 15) is 4.79 Å². The summed E-state index contributed by atoms with van der Waals surface area (Å²) >= 11 is 0. The highest BCUT2D eigenvalue weighted by Crippen LogP contribution is 2.33. The van der Waals surface area contributed by atoms with Gasteiger partial charge in [-0.1, -0.05) is 31.4 Å². The third-order valence-electron chi connectivity index (χ3n) is 5.82. The quantitative estimate of drug-likeness (QED) is 0.374. The van der Waals surface area contributed by atoms with Crippen LogP contribution >= 0.6 is 0 Å². The zero-order chi connectivity index (χ0) is 20.5. The number of carbonyl (C=O) groups excluding carboxylic acids is 1. The summed E-state index contributed by atoms with van der Waals surface area (Å²) < 4.78 is 11.7. The van der Waals surface area contributed by atoms with Crippen molar-refractivity contribution in [3.8, 4) is 11.5 Å². The highest BCUT2D eigenvalue weighted by atomic mass is 16.5. The number of nitrogens with zero attached hydrogens (tertiary/aromatic N) is 1. The van der Waals surface area contributed by atoms with Crippen LogP contribution in [0.5, 0.6) is 11.5 Å². The maximum atomic E-state index is 11.3. The lowest BCUT2D eigenvalue weighted by atomic mass is 9.84. The van der Waals surface area contributed by atoms with Crippen LogP contribution in [0.4, 0.5) is 5.69 Å². The SMILES string of the molecule is CCN(CC)c1ccc(C=O)c(OCCOc2ccc(C3CCCCC3)cc2)c1. The minimum Gasteiger partial charge on any atom is -0.490 e. The Morgan fingerprint density at radius 3 is 2.28 bits per heavy atom. The largest absolute Gasteiger partial charge is 0.490 e. The van der Waals surface area contributed by atoms with Gasteiger partial charge in [0.2, 0.25) is 0 Å². The monoisotopic (exact) mass is 395 g/mol. The fourth-order valence-electron chi connectivity index (χ4n) is 4.11. The fourth-order valence-corrected chi connectivity index (χ4v) is 4.11. The van der Waals surface area contributed by atoms with Crippen molar-refractivity contribution < 1.29 is 14.3 Å². The van der Waals surface area contributed by atoms with Gasteiger partial charge in [0.25, 0.3) is 0 Å². The van der Waals surface area contributed by atoms with E-state index in [1.165, 1.54) is 37.7 Å². The van der Waals surface area contributed by atoms with Gasteiger partial charge in [-0.2, -0.15) is 0 Å². The smallest absolute Gasteiger partial charge is 0.153 e. The summed E-state index contributed by atoms with van der Waals surface area (Å²) in [5.74, 6) is 2.18. The topological polar surface area (TPSA) is 38.8 Å². The van der Waals surface area contributed by atoms with Crippen LogP contribution in [-0.4, -0.2) is 32.6 Å². The third kappa shape index (κ3) is 5.75. The van der Waals surface area contributed by atoms with Gasteiger partial charge in [-0.25, -0.2) is 0 Å². The molecular formula is C25H33NO3. The molecule has 2 aromatic carbocycles. The van der Waals surface area contributed by atoms with Crippen molar-refractivity contribution in [2.75, 3.05) is 31.2 Å². The second-order valence-corrected chi connectivity index (χ2v) is 7.61. The van der Waals surface area contributed by atoms with Crippen molar-refractivity contribution in [3.05, 3.63) is 53.6 Å². The molecule has 0 spiro atoms. The zero-order valence-electron chi connectivity index (χ0n) is 17.7. The van der Waals surface area contributed by atoms with Crippen molar-refractivity contribution in [1.82, 2.24) is 0 Å². The van der Waals surface area contributed by atoms with Gasteiger partial charge >= 0.3 is 0 Å². The lowest BCUT2D eigenvalue weighted by Gasteiger charge is -2.22. The van der Waals surface area contributed by atoms with Gasteiger partial charge < -0.3 is 14.4 Å². The number of ether oxygens (including phenoxy) is 2. The van der Waals surface area contributed by atoms with Gasteiger partial charge in [-0.3, -0.25) is 4.79 Å². The van der Waals surface area contributed by atoms with Crippen LogP contribution in [0.25, 0.3) is 0 Å². The summed E-state index contributed by atoms with van der Waals surface area (Å²) in [6.07, 6.45) is 7.52. The Morgan fingerprint density at radius 2 is 1.62 bits per heavy atom. The summed E-state index contributed by atoms with van der Waals surface area (Å²) in [5, 5.41) is 0. The standard InChI is InChI=1S/C25H33NO3/c1-3-26(4-2)23-13-10-22(19-27)25(18-23)29-17-16-28-24-14-11-21(12-15-24)20-8-6-5-7-9-20/h10-15,18-20H,3-9,16-17H2,1-2H3. The van der Waals surface area contributed by atoms with Crippen LogP contribution in [0.3, 0.4) is 0 Å². The number of rotatable bonds is 10. The van der Waals surface area contributed by atoms with E-state index < -0.39 is 0 Å². The lowest BCUT2D eigenvalue weighted by Crippen LogP contribution is -2.22. The van der Waals surface area contributed by atoms with E-state index in [0.717, 1.165) is 30.8 Å². The average molecular weight is 396 g/mol. The molecule has 3 rings (SSSR count). The number of aldehydes is 1. The summed E-state index contributed by atoms with van der Waals surface area (Å²) in [6.45, 7) is 6.90. The molecule has 156 valence electrons. The lowest BCUT2D eigenvalue weighted by molar-refractivity contribution is 0.111. The van der Waals surface area contributed by atoms with Gasteiger partial charge in [-0.05, 0) is 62.4 Å². The first-order valence-corrected chi connectivity index (χ1v) is 10.9. The van der Waals surface area contributed by atoms with E-state index in [1.807, 2.05) is 18.2 Å². The van der Waals surface area contributed by atoms with Gasteiger partial charge in [0.05, 0.1) is 5.56 Å². The van der Waals surface area contributed by atoms with Gasteiger partial charge in [-0.15, -0.1) is 0 Å². The van der Waals surface area contributed by atoms with Crippen molar-refractivity contribution in [2.45, 2.75) is 51.9 Å². The molecule has 4 nitrogen and oxygen atoms in total. The Kier molecular flexibility index (Phi) is 7.97. The molecule has 0 saturated heterocycles. The van der Waals surface area contributed by atoms with E-state index in [2.05, 4.69) is 43.0 Å². The van der Waals surface area contributed by atoms with Crippen molar-refractivity contribution >= 4 is 12.0 Å². The molecule has 4 heteroatoms. The van der Waals surface area contributed by atoms with Crippen LogP contribution in [0.15, 0.2) is 42.5 Å². The average Bonchev–Trinajstić information content (AvgIpc) is 2.79. The summed E-state index contributed by atoms with van der Waals surface area (Å²) in [6, 6.07) is 14.2. The maximum absolute atomic E-state index is 11.3. The van der Waals surface area contributed by atoms with E-state index in [-0.39, 0.29) is 0 Å². The Bertz CT molecular complexity index is 762. The number of hydrogen-bond acceptors (Lipinski definition) is 4. The molecule has 0 unspecified atom stereocenters. The van der Waals surface area contributed by atoms with E-state index >= 15 is 0 Å². The molecular weight excluding hydrogens is 362 g/mol. The van der Waals surface area contributed by atoms with Crippen LogP contribution in [-0.2, 0) is 0 Å². The van der Waals surface area contributed by atoms with Crippen LogP contribution in [0, 0.1) is 0 Å². The molecule has 0 bridgehead atoms. The van der Waals surface area contributed by atoms with Crippen molar-refractivity contribution in [2.24, 2.45) is 0 Å². The minimum atomic E-state index is 0.396. The molecule has 0 atom stereocenters. The predicted octanol–water partition coefficient (Wildman–Crippen LogP) is 5.85. The number of hydrogen-bond donors (Lipinski definition) is 0. The molecule has 0 aromatic heterocycles. The molecule has 1 fully saturated rings. The van der Waals surface area contributed by atoms with Gasteiger partial charge in [0, 0.05) is 24.8 Å². The second kappa shape index (κ2) is 10.9. The second-order valence-electron chi connectivity index (χ2n) is 7.61. The third-order valence-corrected chi connectivity index (χ3v) is 5.82. The Labute approximate surface area is 174 Å². The molecule has 29 heavy (non-hydrogen) atoms. The Morgan fingerprint density at radius 1 is 0.931 bits per heavy atom. The first-order valence-electron chi connectivity index (χ1n) is 10.9. The Balaban J connectivity index is 1.52. The summed E-state index contributed by atoms with van der Waals surface area (Å²) in [5.41, 5.74) is 3.06. The molecule has 0 N–H and O–H groups in total. The first kappa shape index (κ1) is 21.2. The number of benzene rings is 2. The molecule has 1 aliphatic rings. The molecule has 0 heterocycles. The Hall–Kier alpha value is -2.49. The number of anilines is 1. The molecule has 0 radical (unpaired) electrons. The number of carbonyl (C=O) groups is 1. The molecule has 0 amide bonds. The van der Waals surface area contributed by atoms with Crippen LogP contribution in [0.2, 0.25) is 0 Å². The minimum absolute atomic E-state index is 0.396. The first-order chi connectivity index (χ1) is 14.2. The summed E-state index contributed by atoms with van der Waals surface area (Å²) in [4.78, 5) is 13.6. The van der Waals surface area contributed by atoms with Crippen molar-refractivity contribution in [3.63, 3.8) is 0 Å². The summed E-state index contributed by atoms with van der Waals surface area (Å²) in [7, 11) is 0. The van der Waals surface area contributed by atoms with Crippen LogP contribution < -0.4 is 14.4 Å². The fraction of sp³-hybridized carbons (Fsp3) is 0.480.